The summed E-state index contributed by atoms with van der Waals surface area (Å²) >= 11 is 3.64. The predicted octanol–water partition coefficient (Wildman–Crippen LogP) is 4.32. The predicted molar refractivity (Wildman–Crippen MR) is 118 cm³/mol. The lowest BCUT2D eigenvalue weighted by atomic mass is 9.97. The van der Waals surface area contributed by atoms with Gasteiger partial charge in [-0.3, -0.25) is 0 Å². The largest absolute Gasteiger partial charge is 0.496 e. The van der Waals surface area contributed by atoms with Gasteiger partial charge in [-0.15, -0.1) is 5.10 Å². The number of benzene rings is 2. The second kappa shape index (κ2) is 8.91. The molecule has 0 bridgehead atoms. The van der Waals surface area contributed by atoms with Crippen LogP contribution in [0, 0.1) is 5.41 Å². The van der Waals surface area contributed by atoms with Crippen molar-refractivity contribution < 1.29 is 19.4 Å². The van der Waals surface area contributed by atoms with Gasteiger partial charge in [0.2, 0.25) is 0 Å². The standard InChI is InChI=1S/C21H25BrN4O4/c1-21(2,3)12-26-16-8-7-15(19(22)20(16)24-25-26)23-10-13-5-6-14(9-17(13)29-4)30-11-18(27)28/h5-9,23H,10-12H2,1-4H3,(H,27,28). The lowest BCUT2D eigenvalue weighted by Crippen LogP contribution is -2.16. The molecule has 0 fully saturated rings. The molecule has 3 aromatic rings. The van der Waals surface area contributed by atoms with Crippen LogP contribution >= 0.6 is 15.9 Å². The molecule has 0 atom stereocenters. The van der Waals surface area contributed by atoms with E-state index >= 15 is 0 Å². The van der Waals surface area contributed by atoms with Gasteiger partial charge in [0.1, 0.15) is 17.0 Å². The first-order valence-electron chi connectivity index (χ1n) is 9.45. The Labute approximate surface area is 183 Å². The number of carboxylic acid groups (broad SMARTS) is 1. The van der Waals surface area contributed by atoms with Crippen LogP contribution in [0.15, 0.2) is 34.8 Å². The molecule has 0 unspecified atom stereocenters. The zero-order chi connectivity index (χ0) is 21.9. The molecule has 0 spiro atoms. The number of rotatable bonds is 8. The molecule has 8 nitrogen and oxygen atoms in total. The molecular formula is C21H25BrN4O4. The third-order valence-corrected chi connectivity index (χ3v) is 5.14. The lowest BCUT2D eigenvalue weighted by Gasteiger charge is -2.18. The smallest absolute Gasteiger partial charge is 0.341 e. The number of hydrogen-bond donors (Lipinski definition) is 2. The summed E-state index contributed by atoms with van der Waals surface area (Å²) in [7, 11) is 1.56. The third-order valence-electron chi connectivity index (χ3n) is 4.34. The summed E-state index contributed by atoms with van der Waals surface area (Å²) in [6.45, 7) is 7.37. The number of nitrogens with one attached hydrogen (secondary N) is 1. The van der Waals surface area contributed by atoms with E-state index in [2.05, 4.69) is 52.3 Å². The number of halogens is 1. The van der Waals surface area contributed by atoms with Gasteiger partial charge in [-0.25, -0.2) is 9.48 Å². The molecule has 0 aliphatic rings. The minimum absolute atomic E-state index is 0.0981. The highest BCUT2D eigenvalue weighted by molar-refractivity contribution is 9.10. The van der Waals surface area contributed by atoms with E-state index in [-0.39, 0.29) is 5.41 Å². The van der Waals surface area contributed by atoms with Crippen LogP contribution in [-0.2, 0) is 17.9 Å². The molecular weight excluding hydrogens is 452 g/mol. The number of anilines is 1. The number of aromatic nitrogens is 3. The SMILES string of the molecule is COc1cc(OCC(=O)O)ccc1CNc1ccc2c(nnn2CC(C)(C)C)c1Br. The van der Waals surface area contributed by atoms with Gasteiger partial charge < -0.3 is 19.9 Å². The maximum Gasteiger partial charge on any atom is 0.341 e. The summed E-state index contributed by atoms with van der Waals surface area (Å²) in [4.78, 5) is 10.7. The molecule has 0 saturated carbocycles. The van der Waals surface area contributed by atoms with Crippen molar-refractivity contribution in [2.24, 2.45) is 5.41 Å². The zero-order valence-electron chi connectivity index (χ0n) is 17.4. The molecule has 1 heterocycles. The minimum atomic E-state index is -1.03. The molecule has 0 radical (unpaired) electrons. The monoisotopic (exact) mass is 476 g/mol. The molecule has 160 valence electrons. The van der Waals surface area contributed by atoms with Gasteiger partial charge in [-0.05, 0) is 45.6 Å². The van der Waals surface area contributed by atoms with Gasteiger partial charge in [0.15, 0.2) is 6.61 Å². The fraction of sp³-hybridized carbons (Fsp3) is 0.381. The van der Waals surface area contributed by atoms with Gasteiger partial charge in [0.25, 0.3) is 0 Å². The number of nitrogens with zero attached hydrogens (tertiary/aromatic N) is 3. The highest BCUT2D eigenvalue weighted by Gasteiger charge is 2.17. The van der Waals surface area contributed by atoms with Crippen molar-refractivity contribution in [2.75, 3.05) is 19.0 Å². The summed E-state index contributed by atoms with van der Waals surface area (Å²) in [6, 6.07) is 9.24. The van der Waals surface area contributed by atoms with Gasteiger partial charge in [0, 0.05) is 24.7 Å². The molecule has 3 rings (SSSR count). The van der Waals surface area contributed by atoms with Crippen LogP contribution in [0.25, 0.3) is 11.0 Å². The summed E-state index contributed by atoms with van der Waals surface area (Å²) < 4.78 is 13.4. The molecule has 0 aliphatic heterocycles. The Morgan fingerprint density at radius 3 is 2.70 bits per heavy atom. The normalized spacial score (nSPS) is 11.5. The van der Waals surface area contributed by atoms with Crippen LogP contribution in [0.3, 0.4) is 0 Å². The average Bonchev–Trinajstić information content (AvgIpc) is 3.08. The van der Waals surface area contributed by atoms with E-state index in [1.807, 2.05) is 22.9 Å². The number of carboxylic acids is 1. The minimum Gasteiger partial charge on any atom is -0.496 e. The summed E-state index contributed by atoms with van der Waals surface area (Å²) in [6.07, 6.45) is 0. The van der Waals surface area contributed by atoms with Gasteiger partial charge in [-0.2, -0.15) is 0 Å². The molecule has 30 heavy (non-hydrogen) atoms. The number of fused-ring (bicyclic) bond motifs is 1. The first kappa shape index (κ1) is 21.9. The first-order chi connectivity index (χ1) is 14.2. The Kier molecular flexibility index (Phi) is 6.50. The van der Waals surface area contributed by atoms with Crippen molar-refractivity contribution in [1.82, 2.24) is 15.0 Å². The van der Waals surface area contributed by atoms with Gasteiger partial charge >= 0.3 is 5.97 Å². The highest BCUT2D eigenvalue weighted by atomic mass is 79.9. The number of carbonyl (C=O) groups is 1. The molecule has 0 saturated heterocycles. The van der Waals surface area contributed by atoms with E-state index in [1.165, 1.54) is 0 Å². The molecule has 2 aromatic carbocycles. The van der Waals surface area contributed by atoms with Crippen LogP contribution < -0.4 is 14.8 Å². The van der Waals surface area contributed by atoms with E-state index in [0.29, 0.717) is 18.0 Å². The van der Waals surface area contributed by atoms with E-state index in [9.17, 15) is 4.79 Å². The Bertz CT molecular complexity index is 1060. The van der Waals surface area contributed by atoms with Crippen molar-refractivity contribution in [2.45, 2.75) is 33.9 Å². The number of methoxy groups -OCH3 is 1. The summed E-state index contributed by atoms with van der Waals surface area (Å²) in [5, 5.41) is 20.8. The van der Waals surface area contributed by atoms with Crippen molar-refractivity contribution in [3.05, 3.63) is 40.4 Å². The number of aliphatic carboxylic acids is 1. The first-order valence-corrected chi connectivity index (χ1v) is 10.2. The fourth-order valence-electron chi connectivity index (χ4n) is 3.00. The third kappa shape index (κ3) is 5.21. The molecule has 9 heteroatoms. The van der Waals surface area contributed by atoms with Crippen LogP contribution in [0.5, 0.6) is 11.5 Å². The Hall–Kier alpha value is -2.81. The number of hydrogen-bond acceptors (Lipinski definition) is 6. The Balaban J connectivity index is 1.77. The van der Waals surface area contributed by atoms with Crippen molar-refractivity contribution in [1.29, 1.82) is 0 Å². The molecule has 0 amide bonds. The van der Waals surface area contributed by atoms with Gasteiger partial charge in [-0.1, -0.05) is 26.0 Å². The average molecular weight is 477 g/mol. The van der Waals surface area contributed by atoms with Crippen molar-refractivity contribution in [3.8, 4) is 11.5 Å². The zero-order valence-corrected chi connectivity index (χ0v) is 19.0. The molecule has 1 aromatic heterocycles. The van der Waals surface area contributed by atoms with E-state index in [0.717, 1.165) is 33.3 Å². The Morgan fingerprint density at radius 2 is 2.03 bits per heavy atom. The second-order valence-corrected chi connectivity index (χ2v) is 8.91. The molecule has 2 N–H and O–H groups in total. The van der Waals surface area contributed by atoms with Crippen LogP contribution in [0.4, 0.5) is 5.69 Å². The maximum absolute atomic E-state index is 10.7. The lowest BCUT2D eigenvalue weighted by molar-refractivity contribution is -0.139. The maximum atomic E-state index is 10.7. The van der Waals surface area contributed by atoms with Crippen LogP contribution in [-0.4, -0.2) is 39.8 Å². The Morgan fingerprint density at radius 1 is 1.27 bits per heavy atom. The number of ether oxygens (including phenoxy) is 2. The van der Waals surface area contributed by atoms with Crippen molar-refractivity contribution in [3.63, 3.8) is 0 Å². The molecule has 0 aliphatic carbocycles. The summed E-state index contributed by atoms with van der Waals surface area (Å²) in [5.41, 5.74) is 3.66. The van der Waals surface area contributed by atoms with Crippen LogP contribution in [0.2, 0.25) is 0 Å². The van der Waals surface area contributed by atoms with Crippen LogP contribution in [0.1, 0.15) is 26.3 Å². The fourth-order valence-corrected chi connectivity index (χ4v) is 3.56. The van der Waals surface area contributed by atoms with Crippen molar-refractivity contribution >= 4 is 38.6 Å². The summed E-state index contributed by atoms with van der Waals surface area (Å²) in [5.74, 6) is 0.0224. The second-order valence-electron chi connectivity index (χ2n) is 8.11. The topological polar surface area (TPSA) is 98.5 Å². The van der Waals surface area contributed by atoms with E-state index < -0.39 is 12.6 Å². The van der Waals surface area contributed by atoms with E-state index in [4.69, 9.17) is 14.6 Å². The highest BCUT2D eigenvalue weighted by Crippen LogP contribution is 2.32. The van der Waals surface area contributed by atoms with E-state index in [1.54, 1.807) is 19.2 Å². The quantitative estimate of drug-likeness (QED) is 0.499. The van der Waals surface area contributed by atoms with Gasteiger partial charge in [0.05, 0.1) is 22.8 Å².